The zero-order valence-electron chi connectivity index (χ0n) is 16.9. The molecule has 0 spiro atoms. The largest absolute Gasteiger partial charge is 0.378 e. The number of hydrogen-bond donors (Lipinski definition) is 1. The molecule has 0 saturated carbocycles. The van der Waals surface area contributed by atoms with Crippen LogP contribution >= 0.6 is 0 Å². The van der Waals surface area contributed by atoms with Crippen molar-refractivity contribution in [1.82, 2.24) is 0 Å². The lowest BCUT2D eigenvalue weighted by atomic mass is 9.90. The van der Waals surface area contributed by atoms with Crippen LogP contribution in [0.4, 0.5) is 15.8 Å². The van der Waals surface area contributed by atoms with Crippen LogP contribution in [0.5, 0.6) is 0 Å². The first kappa shape index (κ1) is 19.2. The predicted molar refractivity (Wildman–Crippen MR) is 116 cm³/mol. The van der Waals surface area contributed by atoms with E-state index in [2.05, 4.69) is 61.6 Å². The highest BCUT2D eigenvalue weighted by Gasteiger charge is 2.34. The normalized spacial score (nSPS) is 18.3. The number of carbonyl (C=O) groups is 1. The average Bonchev–Trinajstić information content (AvgIpc) is 2.70. The fraction of sp³-hybridized carbons (Fsp3) is 0.240. The first-order valence-corrected chi connectivity index (χ1v) is 9.95. The Morgan fingerprint density at radius 1 is 0.966 bits per heavy atom. The molecule has 0 bridgehead atoms. The van der Waals surface area contributed by atoms with E-state index in [9.17, 15) is 9.18 Å². The molecule has 0 unspecified atom stereocenters. The second-order valence-corrected chi connectivity index (χ2v) is 7.89. The van der Waals surface area contributed by atoms with Crippen molar-refractivity contribution < 1.29 is 9.18 Å². The Bertz CT molecular complexity index is 1030. The van der Waals surface area contributed by atoms with Gasteiger partial charge in [0.1, 0.15) is 5.82 Å². The van der Waals surface area contributed by atoms with E-state index in [1.807, 2.05) is 11.8 Å². The Morgan fingerprint density at radius 3 is 2.31 bits per heavy atom. The number of rotatable bonds is 3. The molecule has 0 aliphatic carbocycles. The molecular formula is C25H25FN2O. The zero-order chi connectivity index (χ0) is 20.5. The summed E-state index contributed by atoms with van der Waals surface area (Å²) in [6, 6.07) is 20.5. The number of amides is 1. The summed E-state index contributed by atoms with van der Waals surface area (Å²) in [5, 5.41) is 3.63. The maximum absolute atomic E-state index is 13.3. The van der Waals surface area contributed by atoms with E-state index >= 15 is 0 Å². The van der Waals surface area contributed by atoms with E-state index in [4.69, 9.17) is 0 Å². The Morgan fingerprint density at radius 2 is 1.62 bits per heavy atom. The Hall–Kier alpha value is -3.14. The third kappa shape index (κ3) is 3.88. The van der Waals surface area contributed by atoms with Gasteiger partial charge in [-0.25, -0.2) is 4.39 Å². The van der Waals surface area contributed by atoms with E-state index in [-0.39, 0.29) is 23.8 Å². The molecule has 3 aromatic rings. The molecule has 2 atom stereocenters. The van der Waals surface area contributed by atoms with Crippen LogP contribution in [0.25, 0.3) is 0 Å². The second kappa shape index (κ2) is 7.70. The molecular weight excluding hydrogens is 363 g/mol. The summed E-state index contributed by atoms with van der Waals surface area (Å²) < 4.78 is 13.3. The molecule has 1 aliphatic heterocycles. The van der Waals surface area contributed by atoms with E-state index < -0.39 is 0 Å². The molecule has 1 aliphatic rings. The van der Waals surface area contributed by atoms with Gasteiger partial charge in [-0.15, -0.1) is 0 Å². The van der Waals surface area contributed by atoms with Crippen molar-refractivity contribution in [2.24, 2.45) is 0 Å². The quantitative estimate of drug-likeness (QED) is 0.594. The maximum Gasteiger partial charge on any atom is 0.258 e. The summed E-state index contributed by atoms with van der Waals surface area (Å²) >= 11 is 0. The predicted octanol–water partition coefficient (Wildman–Crippen LogP) is 6.03. The van der Waals surface area contributed by atoms with Gasteiger partial charge < -0.3 is 10.2 Å². The first-order chi connectivity index (χ1) is 13.9. The molecule has 0 radical (unpaired) electrons. The highest BCUT2D eigenvalue weighted by molar-refractivity contribution is 6.07. The zero-order valence-corrected chi connectivity index (χ0v) is 16.9. The summed E-state index contributed by atoms with van der Waals surface area (Å²) in [5.41, 5.74) is 5.91. The molecule has 148 valence electrons. The summed E-state index contributed by atoms with van der Waals surface area (Å²) in [7, 11) is 0. The van der Waals surface area contributed by atoms with Crippen molar-refractivity contribution in [3.05, 3.63) is 94.8 Å². The Labute approximate surface area is 171 Å². The molecule has 29 heavy (non-hydrogen) atoms. The molecule has 0 saturated heterocycles. The van der Waals surface area contributed by atoms with E-state index in [1.54, 1.807) is 12.1 Å². The highest BCUT2D eigenvalue weighted by atomic mass is 19.1. The van der Waals surface area contributed by atoms with Gasteiger partial charge in [-0.2, -0.15) is 0 Å². The van der Waals surface area contributed by atoms with Gasteiger partial charge in [0, 0.05) is 23.0 Å². The fourth-order valence-corrected chi connectivity index (χ4v) is 4.00. The molecule has 4 heteroatoms. The van der Waals surface area contributed by atoms with Crippen LogP contribution in [0.1, 0.15) is 46.4 Å². The summed E-state index contributed by atoms with van der Waals surface area (Å²) in [6.45, 7) is 6.17. The third-order valence-electron chi connectivity index (χ3n) is 5.54. The number of nitrogens with one attached hydrogen (secondary N) is 1. The maximum atomic E-state index is 13.3. The number of nitrogens with zero attached hydrogens (tertiary/aromatic N) is 1. The number of fused-ring (bicyclic) bond motifs is 1. The summed E-state index contributed by atoms with van der Waals surface area (Å²) in [4.78, 5) is 15.1. The van der Waals surface area contributed by atoms with Crippen LogP contribution in [-0.4, -0.2) is 11.9 Å². The highest BCUT2D eigenvalue weighted by Crippen LogP contribution is 2.40. The summed E-state index contributed by atoms with van der Waals surface area (Å²) in [6.07, 6.45) is 0.789. The van der Waals surface area contributed by atoms with Gasteiger partial charge in [0.05, 0.1) is 6.04 Å². The van der Waals surface area contributed by atoms with E-state index in [1.165, 1.54) is 17.7 Å². The standard InChI is InChI=1S/C25H25FN2O/c1-16-4-11-21(12-5-16)27-23-15-18(3)28(24-14-17(2)6-13-22(23)24)25(29)19-7-9-20(26)10-8-19/h4-14,18,23,27H,15H2,1-3H3/t18-,23+/m0/s1. The minimum Gasteiger partial charge on any atom is -0.378 e. The lowest BCUT2D eigenvalue weighted by molar-refractivity contribution is 0.0974. The molecule has 1 heterocycles. The van der Waals surface area contributed by atoms with Gasteiger partial charge in [0.15, 0.2) is 0 Å². The second-order valence-electron chi connectivity index (χ2n) is 7.89. The van der Waals surface area contributed by atoms with Crippen molar-refractivity contribution in [2.45, 2.75) is 39.3 Å². The molecule has 0 fully saturated rings. The van der Waals surface area contributed by atoms with Crippen molar-refractivity contribution in [2.75, 3.05) is 10.2 Å². The van der Waals surface area contributed by atoms with Crippen molar-refractivity contribution >= 4 is 17.3 Å². The lowest BCUT2D eigenvalue weighted by Gasteiger charge is -2.40. The van der Waals surface area contributed by atoms with Crippen LogP contribution in [0.3, 0.4) is 0 Å². The molecule has 4 rings (SSSR count). The van der Waals surface area contributed by atoms with Crippen LogP contribution in [0.2, 0.25) is 0 Å². The SMILES string of the molecule is Cc1ccc(N[C@@H]2C[C@H](C)N(C(=O)c3ccc(F)cc3)c3cc(C)ccc32)cc1. The van der Waals surface area contributed by atoms with Gasteiger partial charge in [0.2, 0.25) is 0 Å². The minimum absolute atomic E-state index is 0.00445. The average molecular weight is 388 g/mol. The molecule has 3 nitrogen and oxygen atoms in total. The van der Waals surface area contributed by atoms with Crippen LogP contribution < -0.4 is 10.2 Å². The summed E-state index contributed by atoms with van der Waals surface area (Å²) in [5.74, 6) is -0.440. The fourth-order valence-electron chi connectivity index (χ4n) is 4.00. The topological polar surface area (TPSA) is 32.3 Å². The van der Waals surface area contributed by atoms with Crippen molar-refractivity contribution in [1.29, 1.82) is 0 Å². The van der Waals surface area contributed by atoms with Crippen molar-refractivity contribution in [3.63, 3.8) is 0 Å². The monoisotopic (exact) mass is 388 g/mol. The lowest BCUT2D eigenvalue weighted by Crippen LogP contribution is -2.44. The van der Waals surface area contributed by atoms with Gasteiger partial charge in [-0.05, 0) is 80.8 Å². The van der Waals surface area contributed by atoms with Gasteiger partial charge in [0.25, 0.3) is 5.91 Å². The number of aryl methyl sites for hydroxylation is 2. The van der Waals surface area contributed by atoms with E-state index in [0.29, 0.717) is 5.56 Å². The Balaban J connectivity index is 1.70. The molecule has 1 N–H and O–H groups in total. The van der Waals surface area contributed by atoms with Gasteiger partial charge in [-0.3, -0.25) is 4.79 Å². The van der Waals surface area contributed by atoms with Crippen LogP contribution in [0.15, 0.2) is 66.7 Å². The van der Waals surface area contributed by atoms with Crippen molar-refractivity contribution in [3.8, 4) is 0 Å². The minimum atomic E-state index is -0.341. The molecule has 0 aromatic heterocycles. The number of halogens is 1. The van der Waals surface area contributed by atoms with Crippen LogP contribution in [0, 0.1) is 19.7 Å². The van der Waals surface area contributed by atoms with E-state index in [0.717, 1.165) is 28.9 Å². The van der Waals surface area contributed by atoms with Crippen LogP contribution in [-0.2, 0) is 0 Å². The molecule has 3 aromatic carbocycles. The smallest absolute Gasteiger partial charge is 0.258 e. The first-order valence-electron chi connectivity index (χ1n) is 9.95. The number of carbonyl (C=O) groups excluding carboxylic acids is 1. The third-order valence-corrected chi connectivity index (χ3v) is 5.54. The number of anilines is 2. The number of benzene rings is 3. The van der Waals surface area contributed by atoms with Gasteiger partial charge >= 0.3 is 0 Å². The Kier molecular flexibility index (Phi) is 5.10. The van der Waals surface area contributed by atoms with Gasteiger partial charge in [-0.1, -0.05) is 29.8 Å². The molecule has 1 amide bonds. The number of hydrogen-bond acceptors (Lipinski definition) is 2.